The second-order valence-corrected chi connectivity index (χ2v) is 5.19. The van der Waals surface area contributed by atoms with Crippen molar-refractivity contribution in [2.24, 2.45) is 5.73 Å². The molecule has 19 heavy (non-hydrogen) atoms. The Balaban J connectivity index is 0.00000180. The summed E-state index contributed by atoms with van der Waals surface area (Å²) in [4.78, 5) is 25.2. The molecular weight excluding hydrogens is 286 g/mol. The van der Waals surface area contributed by atoms with Gasteiger partial charge in [-0.1, -0.05) is 0 Å². The Hall–Kier alpha value is -1.11. The summed E-state index contributed by atoms with van der Waals surface area (Å²) in [7, 11) is 0. The Kier molecular flexibility index (Phi) is 6.27. The van der Waals surface area contributed by atoms with Crippen LogP contribution in [0.1, 0.15) is 23.2 Å². The van der Waals surface area contributed by atoms with Gasteiger partial charge in [0.2, 0.25) is 5.91 Å². The molecule has 0 saturated carbocycles. The van der Waals surface area contributed by atoms with Crippen molar-refractivity contribution in [3.63, 3.8) is 0 Å². The maximum Gasteiger partial charge on any atom is 0.252 e. The molecule has 0 unspecified atom stereocenters. The zero-order chi connectivity index (χ0) is 13.0. The van der Waals surface area contributed by atoms with Crippen LogP contribution >= 0.6 is 23.7 Å². The number of nitrogens with zero attached hydrogens (tertiary/aromatic N) is 1. The second kappa shape index (κ2) is 7.47. The molecule has 3 N–H and O–H groups in total. The van der Waals surface area contributed by atoms with Crippen molar-refractivity contribution < 1.29 is 9.59 Å². The predicted octanol–water partition coefficient (Wildman–Crippen LogP) is 0.849. The SMILES string of the molecule is Cl.N[C@@H]1CCN(C(=O)CCNC(=O)c2ccsc2)C1. The van der Waals surface area contributed by atoms with E-state index in [1.807, 2.05) is 5.38 Å². The van der Waals surface area contributed by atoms with E-state index in [-0.39, 0.29) is 30.3 Å². The largest absolute Gasteiger partial charge is 0.351 e. The highest BCUT2D eigenvalue weighted by Crippen LogP contribution is 2.08. The molecule has 1 aromatic rings. The van der Waals surface area contributed by atoms with Gasteiger partial charge in [0.05, 0.1) is 0 Å². The molecule has 2 amide bonds. The van der Waals surface area contributed by atoms with Gasteiger partial charge in [-0.05, 0) is 17.9 Å². The van der Waals surface area contributed by atoms with Crippen molar-refractivity contribution >= 4 is 35.6 Å². The molecule has 2 heterocycles. The first-order chi connectivity index (χ1) is 8.66. The molecule has 1 aromatic heterocycles. The molecular formula is C12H18ClN3O2S. The normalized spacial score (nSPS) is 17.9. The number of likely N-dealkylation sites (tertiary alicyclic amines) is 1. The molecule has 0 bridgehead atoms. The summed E-state index contributed by atoms with van der Waals surface area (Å²) in [5.74, 6) is -0.0595. The van der Waals surface area contributed by atoms with Crippen LogP contribution < -0.4 is 11.1 Å². The Morgan fingerprint density at radius 3 is 2.89 bits per heavy atom. The lowest BCUT2D eigenvalue weighted by Gasteiger charge is -2.15. The van der Waals surface area contributed by atoms with Gasteiger partial charge in [-0.25, -0.2) is 0 Å². The van der Waals surface area contributed by atoms with Gasteiger partial charge in [-0.3, -0.25) is 9.59 Å². The molecule has 106 valence electrons. The smallest absolute Gasteiger partial charge is 0.252 e. The van der Waals surface area contributed by atoms with Crippen molar-refractivity contribution in [2.45, 2.75) is 18.9 Å². The van der Waals surface area contributed by atoms with Gasteiger partial charge < -0.3 is 16.0 Å². The van der Waals surface area contributed by atoms with Gasteiger partial charge in [0.1, 0.15) is 0 Å². The van der Waals surface area contributed by atoms with E-state index in [0.717, 1.165) is 13.0 Å². The molecule has 0 spiro atoms. The number of nitrogens with one attached hydrogen (secondary N) is 1. The Bertz CT molecular complexity index is 425. The van der Waals surface area contributed by atoms with Crippen LogP contribution in [-0.2, 0) is 4.79 Å². The molecule has 1 atom stereocenters. The quantitative estimate of drug-likeness (QED) is 0.866. The summed E-state index contributed by atoms with van der Waals surface area (Å²) < 4.78 is 0. The average Bonchev–Trinajstić information content (AvgIpc) is 2.99. The number of carbonyl (C=O) groups is 2. The molecule has 0 radical (unpaired) electrons. The maximum absolute atomic E-state index is 11.8. The second-order valence-electron chi connectivity index (χ2n) is 4.41. The molecule has 1 aliphatic rings. The van der Waals surface area contributed by atoms with E-state index in [1.54, 1.807) is 16.3 Å². The number of thiophene rings is 1. The van der Waals surface area contributed by atoms with Gasteiger partial charge in [-0.2, -0.15) is 11.3 Å². The van der Waals surface area contributed by atoms with Crippen molar-refractivity contribution in [2.75, 3.05) is 19.6 Å². The first-order valence-electron chi connectivity index (χ1n) is 6.00. The summed E-state index contributed by atoms with van der Waals surface area (Å²) in [5, 5.41) is 6.38. The Morgan fingerprint density at radius 2 is 2.32 bits per heavy atom. The molecule has 1 fully saturated rings. The Morgan fingerprint density at radius 1 is 1.53 bits per heavy atom. The van der Waals surface area contributed by atoms with E-state index < -0.39 is 0 Å². The predicted molar refractivity (Wildman–Crippen MR) is 77.7 cm³/mol. The molecule has 0 aliphatic carbocycles. The van der Waals surface area contributed by atoms with Crippen LogP contribution in [0.15, 0.2) is 16.8 Å². The number of amides is 2. The zero-order valence-electron chi connectivity index (χ0n) is 10.5. The molecule has 5 nitrogen and oxygen atoms in total. The third-order valence-corrected chi connectivity index (χ3v) is 3.67. The standard InChI is InChI=1S/C12H17N3O2S.ClH/c13-10-2-5-15(7-10)11(16)1-4-14-12(17)9-3-6-18-8-9;/h3,6,8,10H,1-2,4-5,7,13H2,(H,14,17);1H/t10-;/m1./s1. The number of hydrogen-bond acceptors (Lipinski definition) is 4. The van der Waals surface area contributed by atoms with Crippen LogP contribution in [0.3, 0.4) is 0 Å². The minimum absolute atomic E-state index is 0. The van der Waals surface area contributed by atoms with E-state index >= 15 is 0 Å². The van der Waals surface area contributed by atoms with E-state index in [4.69, 9.17) is 5.73 Å². The van der Waals surface area contributed by atoms with Gasteiger partial charge >= 0.3 is 0 Å². The van der Waals surface area contributed by atoms with Gasteiger partial charge in [0, 0.05) is 43.0 Å². The molecule has 2 rings (SSSR count). The number of carbonyl (C=O) groups excluding carboxylic acids is 2. The fourth-order valence-electron chi connectivity index (χ4n) is 1.95. The average molecular weight is 304 g/mol. The summed E-state index contributed by atoms with van der Waals surface area (Å²) in [6.07, 6.45) is 1.20. The van der Waals surface area contributed by atoms with Crippen molar-refractivity contribution in [3.8, 4) is 0 Å². The van der Waals surface area contributed by atoms with Crippen LogP contribution in [0.5, 0.6) is 0 Å². The van der Waals surface area contributed by atoms with Gasteiger partial charge in [0.25, 0.3) is 5.91 Å². The highest BCUT2D eigenvalue weighted by molar-refractivity contribution is 7.08. The topological polar surface area (TPSA) is 75.4 Å². The summed E-state index contributed by atoms with van der Waals surface area (Å²) in [5.41, 5.74) is 6.39. The van der Waals surface area contributed by atoms with Crippen LogP contribution in [0.25, 0.3) is 0 Å². The summed E-state index contributed by atoms with van der Waals surface area (Å²) in [6, 6.07) is 1.87. The van der Waals surface area contributed by atoms with Gasteiger partial charge in [0.15, 0.2) is 0 Å². The molecule has 7 heteroatoms. The van der Waals surface area contributed by atoms with E-state index in [9.17, 15) is 9.59 Å². The fraction of sp³-hybridized carbons (Fsp3) is 0.500. The van der Waals surface area contributed by atoms with Crippen LogP contribution in [0.2, 0.25) is 0 Å². The lowest BCUT2D eigenvalue weighted by atomic mass is 10.3. The van der Waals surface area contributed by atoms with Crippen LogP contribution in [0.4, 0.5) is 0 Å². The third-order valence-electron chi connectivity index (χ3n) is 2.99. The lowest BCUT2D eigenvalue weighted by Crippen LogP contribution is -2.34. The number of halogens is 1. The van der Waals surface area contributed by atoms with Crippen LogP contribution in [0, 0.1) is 0 Å². The minimum Gasteiger partial charge on any atom is -0.351 e. The van der Waals surface area contributed by atoms with Crippen LogP contribution in [-0.4, -0.2) is 42.4 Å². The van der Waals surface area contributed by atoms with Crippen molar-refractivity contribution in [3.05, 3.63) is 22.4 Å². The van der Waals surface area contributed by atoms with Crippen molar-refractivity contribution in [1.29, 1.82) is 0 Å². The first-order valence-corrected chi connectivity index (χ1v) is 6.95. The Labute approximate surface area is 122 Å². The van der Waals surface area contributed by atoms with E-state index in [2.05, 4.69) is 5.32 Å². The summed E-state index contributed by atoms with van der Waals surface area (Å²) >= 11 is 1.48. The number of rotatable bonds is 4. The minimum atomic E-state index is -0.123. The fourth-order valence-corrected chi connectivity index (χ4v) is 2.59. The number of nitrogens with two attached hydrogens (primary N) is 1. The highest BCUT2D eigenvalue weighted by atomic mass is 35.5. The number of hydrogen-bond donors (Lipinski definition) is 2. The third kappa shape index (κ3) is 4.49. The summed E-state index contributed by atoms with van der Waals surface area (Å²) in [6.45, 7) is 1.75. The molecule has 1 saturated heterocycles. The zero-order valence-corrected chi connectivity index (χ0v) is 12.1. The monoisotopic (exact) mass is 303 g/mol. The molecule has 1 aliphatic heterocycles. The molecule has 0 aromatic carbocycles. The maximum atomic E-state index is 11.8. The van der Waals surface area contributed by atoms with E-state index in [1.165, 1.54) is 11.3 Å². The van der Waals surface area contributed by atoms with Gasteiger partial charge in [-0.15, -0.1) is 12.4 Å². The first kappa shape index (κ1) is 15.9. The lowest BCUT2D eigenvalue weighted by molar-refractivity contribution is -0.130. The van der Waals surface area contributed by atoms with E-state index in [0.29, 0.717) is 25.1 Å². The van der Waals surface area contributed by atoms with Crippen molar-refractivity contribution in [1.82, 2.24) is 10.2 Å². The highest BCUT2D eigenvalue weighted by Gasteiger charge is 2.23.